The predicted octanol–water partition coefficient (Wildman–Crippen LogP) is 3.84. The van der Waals surface area contributed by atoms with E-state index in [9.17, 15) is 14.9 Å². The van der Waals surface area contributed by atoms with E-state index in [0.717, 1.165) is 15.8 Å². The molecule has 0 atom stereocenters. The second kappa shape index (κ2) is 6.86. The highest BCUT2D eigenvalue weighted by Gasteiger charge is 2.12. The summed E-state index contributed by atoms with van der Waals surface area (Å²) in [6.07, 6.45) is 0. The van der Waals surface area contributed by atoms with Gasteiger partial charge in [0.1, 0.15) is 5.75 Å². The van der Waals surface area contributed by atoms with Crippen LogP contribution in [0.15, 0.2) is 36.4 Å². The van der Waals surface area contributed by atoms with Gasteiger partial charge in [-0.15, -0.1) is 0 Å². The molecule has 8 heteroatoms. The molecule has 0 bridgehead atoms. The van der Waals surface area contributed by atoms with Crippen LogP contribution in [0.25, 0.3) is 10.2 Å². The van der Waals surface area contributed by atoms with Crippen LogP contribution in [0.2, 0.25) is 0 Å². The van der Waals surface area contributed by atoms with Crippen molar-refractivity contribution in [1.29, 1.82) is 0 Å². The maximum atomic E-state index is 12.0. The molecule has 0 fully saturated rings. The zero-order valence-corrected chi connectivity index (χ0v) is 14.4. The van der Waals surface area contributed by atoms with Crippen LogP contribution in [-0.2, 0) is 4.79 Å². The molecule has 0 aliphatic rings. The number of ether oxygens (including phenoxy) is 1. The van der Waals surface area contributed by atoms with E-state index in [1.807, 2.05) is 25.1 Å². The number of nitro benzene ring substituents is 1. The lowest BCUT2D eigenvalue weighted by Crippen LogP contribution is -2.20. The molecule has 1 N–H and O–H groups in total. The zero-order chi connectivity index (χ0) is 18.0. The number of non-ortho nitro benzene ring substituents is 1. The molecule has 0 saturated carbocycles. The fraction of sp³-hybridized carbons (Fsp3) is 0.176. The Hall–Kier alpha value is -3.00. The predicted molar refractivity (Wildman–Crippen MR) is 96.3 cm³/mol. The summed E-state index contributed by atoms with van der Waals surface area (Å²) < 4.78 is 6.44. The minimum atomic E-state index is -0.474. The number of thiazole rings is 1. The third kappa shape index (κ3) is 3.92. The minimum Gasteiger partial charge on any atom is -0.483 e. The Kier molecular flexibility index (Phi) is 4.62. The van der Waals surface area contributed by atoms with Crippen molar-refractivity contribution >= 4 is 38.3 Å². The van der Waals surface area contributed by atoms with Crippen molar-refractivity contribution in [3.63, 3.8) is 0 Å². The zero-order valence-electron chi connectivity index (χ0n) is 13.6. The number of hydrogen-bond donors (Lipinski definition) is 1. The smallest absolute Gasteiger partial charge is 0.269 e. The van der Waals surface area contributed by atoms with E-state index < -0.39 is 4.92 Å². The molecule has 7 nitrogen and oxygen atoms in total. The Morgan fingerprint density at radius 1 is 1.28 bits per heavy atom. The van der Waals surface area contributed by atoms with Gasteiger partial charge in [0.2, 0.25) is 0 Å². The number of anilines is 1. The first-order valence-corrected chi connectivity index (χ1v) is 8.29. The van der Waals surface area contributed by atoms with Crippen LogP contribution in [0.4, 0.5) is 10.8 Å². The van der Waals surface area contributed by atoms with E-state index in [0.29, 0.717) is 16.4 Å². The molecule has 2 aromatic carbocycles. The molecule has 25 heavy (non-hydrogen) atoms. The Morgan fingerprint density at radius 2 is 2.08 bits per heavy atom. The molecule has 3 rings (SSSR count). The number of nitro groups is 1. The molecular formula is C17H15N3O4S. The maximum Gasteiger partial charge on any atom is 0.269 e. The monoisotopic (exact) mass is 357 g/mol. The van der Waals surface area contributed by atoms with Crippen LogP contribution < -0.4 is 10.1 Å². The van der Waals surface area contributed by atoms with Gasteiger partial charge in [0.25, 0.3) is 11.6 Å². The molecule has 3 aromatic rings. The fourth-order valence-corrected chi connectivity index (χ4v) is 3.27. The molecule has 0 spiro atoms. The number of aryl methyl sites for hydroxylation is 2. The molecule has 0 aliphatic heterocycles. The number of amides is 1. The Morgan fingerprint density at radius 3 is 2.80 bits per heavy atom. The number of carbonyl (C=O) groups excluding carboxylic acids is 1. The first-order valence-electron chi connectivity index (χ1n) is 7.47. The number of hydrogen-bond acceptors (Lipinski definition) is 6. The van der Waals surface area contributed by atoms with Gasteiger partial charge in [-0.2, -0.15) is 0 Å². The topological polar surface area (TPSA) is 94.4 Å². The number of nitrogens with one attached hydrogen (secondary N) is 1. The average molecular weight is 357 g/mol. The lowest BCUT2D eigenvalue weighted by molar-refractivity contribution is -0.384. The van der Waals surface area contributed by atoms with E-state index in [1.54, 1.807) is 6.92 Å². The van der Waals surface area contributed by atoms with Crippen LogP contribution >= 0.6 is 11.3 Å². The number of fused-ring (bicyclic) bond motifs is 1. The normalized spacial score (nSPS) is 10.6. The Labute approximate surface area is 147 Å². The van der Waals surface area contributed by atoms with Gasteiger partial charge in [-0.25, -0.2) is 4.98 Å². The van der Waals surface area contributed by atoms with E-state index in [-0.39, 0.29) is 18.2 Å². The van der Waals surface area contributed by atoms with Gasteiger partial charge >= 0.3 is 0 Å². The molecule has 1 heterocycles. The quantitative estimate of drug-likeness (QED) is 0.553. The van der Waals surface area contributed by atoms with Gasteiger partial charge in [0.15, 0.2) is 11.7 Å². The molecule has 1 aromatic heterocycles. The van der Waals surface area contributed by atoms with E-state index >= 15 is 0 Å². The summed E-state index contributed by atoms with van der Waals surface area (Å²) in [5.74, 6) is 0.0919. The molecule has 0 unspecified atom stereocenters. The fourth-order valence-electron chi connectivity index (χ4n) is 2.29. The molecule has 0 saturated heterocycles. The van der Waals surface area contributed by atoms with Crippen LogP contribution in [0, 0.1) is 24.0 Å². The highest BCUT2D eigenvalue weighted by molar-refractivity contribution is 7.22. The Balaban J connectivity index is 1.63. The average Bonchev–Trinajstić information content (AvgIpc) is 2.94. The first kappa shape index (κ1) is 16.8. The number of aromatic nitrogens is 1. The third-order valence-electron chi connectivity index (χ3n) is 3.52. The third-order valence-corrected chi connectivity index (χ3v) is 4.45. The minimum absolute atomic E-state index is 0.0147. The molecule has 1 amide bonds. The maximum absolute atomic E-state index is 12.0. The molecular weight excluding hydrogens is 342 g/mol. The van der Waals surface area contributed by atoms with Crippen molar-refractivity contribution in [3.05, 3.63) is 57.6 Å². The van der Waals surface area contributed by atoms with Crippen molar-refractivity contribution in [2.75, 3.05) is 11.9 Å². The van der Waals surface area contributed by atoms with Crippen molar-refractivity contribution in [3.8, 4) is 5.75 Å². The van der Waals surface area contributed by atoms with E-state index in [4.69, 9.17) is 4.74 Å². The molecule has 0 radical (unpaired) electrons. The number of rotatable bonds is 5. The number of benzene rings is 2. The van der Waals surface area contributed by atoms with Crippen LogP contribution in [0.3, 0.4) is 0 Å². The van der Waals surface area contributed by atoms with Gasteiger partial charge < -0.3 is 4.74 Å². The second-order valence-electron chi connectivity index (χ2n) is 5.53. The van der Waals surface area contributed by atoms with Gasteiger partial charge in [0.05, 0.1) is 15.1 Å². The molecule has 128 valence electrons. The first-order chi connectivity index (χ1) is 11.9. The lowest BCUT2D eigenvalue weighted by Gasteiger charge is -2.08. The second-order valence-corrected chi connectivity index (χ2v) is 6.56. The van der Waals surface area contributed by atoms with Crippen molar-refractivity contribution in [2.24, 2.45) is 0 Å². The Bertz CT molecular complexity index is 968. The highest BCUT2D eigenvalue weighted by Crippen LogP contribution is 2.27. The summed E-state index contributed by atoms with van der Waals surface area (Å²) in [7, 11) is 0. The summed E-state index contributed by atoms with van der Waals surface area (Å²) in [5, 5.41) is 13.9. The summed E-state index contributed by atoms with van der Waals surface area (Å²) >= 11 is 1.40. The van der Waals surface area contributed by atoms with E-state index in [1.165, 1.54) is 29.5 Å². The standard InChI is InChI=1S/C17H15N3O4S/c1-10-3-5-13-15(7-10)25-17(18-13)19-16(21)9-24-14-6-4-12(20(22)23)8-11(14)2/h3-8H,9H2,1-2H3,(H,18,19,21). The summed E-state index contributed by atoms with van der Waals surface area (Å²) in [6, 6.07) is 10.1. The summed E-state index contributed by atoms with van der Waals surface area (Å²) in [6.45, 7) is 3.49. The van der Waals surface area contributed by atoms with Gasteiger partial charge in [-0.1, -0.05) is 17.4 Å². The number of nitrogens with zero attached hydrogens (tertiary/aromatic N) is 2. The lowest BCUT2D eigenvalue weighted by atomic mass is 10.2. The van der Waals surface area contributed by atoms with Crippen LogP contribution in [-0.4, -0.2) is 22.4 Å². The highest BCUT2D eigenvalue weighted by atomic mass is 32.1. The largest absolute Gasteiger partial charge is 0.483 e. The number of carbonyl (C=O) groups is 1. The van der Waals surface area contributed by atoms with Gasteiger partial charge in [0, 0.05) is 12.1 Å². The van der Waals surface area contributed by atoms with E-state index in [2.05, 4.69) is 10.3 Å². The van der Waals surface area contributed by atoms with Crippen molar-refractivity contribution in [1.82, 2.24) is 4.98 Å². The summed E-state index contributed by atoms with van der Waals surface area (Å²) in [5.41, 5.74) is 2.54. The molecule has 0 aliphatic carbocycles. The van der Waals surface area contributed by atoms with Gasteiger partial charge in [-0.05, 0) is 43.2 Å². The summed E-state index contributed by atoms with van der Waals surface area (Å²) in [4.78, 5) is 26.6. The van der Waals surface area contributed by atoms with Crippen molar-refractivity contribution in [2.45, 2.75) is 13.8 Å². The van der Waals surface area contributed by atoms with Crippen LogP contribution in [0.1, 0.15) is 11.1 Å². The van der Waals surface area contributed by atoms with Gasteiger partial charge in [-0.3, -0.25) is 20.2 Å². The van der Waals surface area contributed by atoms with Crippen LogP contribution in [0.5, 0.6) is 5.75 Å². The SMILES string of the molecule is Cc1ccc2nc(NC(=O)COc3ccc([N+](=O)[O-])cc3C)sc2c1. The van der Waals surface area contributed by atoms with Crippen molar-refractivity contribution < 1.29 is 14.5 Å².